The fourth-order valence-electron chi connectivity index (χ4n) is 3.25. The van der Waals surface area contributed by atoms with E-state index in [1.807, 2.05) is 49.7 Å². The fourth-order valence-corrected chi connectivity index (χ4v) is 4.43. The fraction of sp³-hybridized carbons (Fsp3) is 0.450. The van der Waals surface area contributed by atoms with Gasteiger partial charge in [0, 0.05) is 69.9 Å². The van der Waals surface area contributed by atoms with Gasteiger partial charge in [0.25, 0.3) is 0 Å². The maximum atomic E-state index is 6.08. The number of aliphatic imine (C=N–C) groups is 1. The van der Waals surface area contributed by atoms with E-state index >= 15 is 0 Å². The zero-order chi connectivity index (χ0) is 19.2. The number of aromatic nitrogens is 1. The van der Waals surface area contributed by atoms with Crippen molar-refractivity contribution in [3.05, 3.63) is 52.8 Å². The number of benzene rings is 1. The van der Waals surface area contributed by atoms with Crippen molar-refractivity contribution in [1.82, 2.24) is 14.8 Å². The number of anilines is 1. The van der Waals surface area contributed by atoms with Gasteiger partial charge in [-0.15, -0.1) is 24.0 Å². The smallest absolute Gasteiger partial charge is 0.194 e. The number of rotatable bonds is 5. The molecule has 1 saturated heterocycles. The van der Waals surface area contributed by atoms with E-state index in [1.165, 1.54) is 22.8 Å². The van der Waals surface area contributed by atoms with E-state index in [0.29, 0.717) is 0 Å². The summed E-state index contributed by atoms with van der Waals surface area (Å²) in [6, 6.07) is 10.8. The molecule has 0 saturated carbocycles. The van der Waals surface area contributed by atoms with Crippen LogP contribution in [-0.2, 0) is 20.1 Å². The van der Waals surface area contributed by atoms with Crippen LogP contribution in [0, 0.1) is 0 Å². The van der Waals surface area contributed by atoms with Crippen LogP contribution < -0.4 is 10.2 Å². The SMILES string of the molecule is CN=C(NCc1ccc(N2CCSCC2)cc1)N(C)Cc1cc(Cl)cn1C.I. The van der Waals surface area contributed by atoms with E-state index in [2.05, 4.69) is 44.4 Å². The van der Waals surface area contributed by atoms with Crippen LogP contribution in [0.5, 0.6) is 0 Å². The average molecular weight is 534 g/mol. The zero-order valence-electron chi connectivity index (χ0n) is 16.7. The summed E-state index contributed by atoms with van der Waals surface area (Å²) in [7, 11) is 5.86. The average Bonchev–Trinajstić information content (AvgIpc) is 3.00. The van der Waals surface area contributed by atoms with Gasteiger partial charge in [0.15, 0.2) is 5.96 Å². The largest absolute Gasteiger partial charge is 0.370 e. The van der Waals surface area contributed by atoms with Crippen LogP contribution >= 0.6 is 47.3 Å². The molecule has 3 rings (SSSR count). The molecule has 0 aliphatic carbocycles. The second-order valence-corrected chi connectivity index (χ2v) is 8.44. The third-order valence-electron chi connectivity index (χ3n) is 4.81. The predicted molar refractivity (Wildman–Crippen MR) is 133 cm³/mol. The number of aryl methyl sites for hydroxylation is 1. The maximum Gasteiger partial charge on any atom is 0.194 e. The van der Waals surface area contributed by atoms with Crippen molar-refractivity contribution in [3.63, 3.8) is 0 Å². The van der Waals surface area contributed by atoms with Gasteiger partial charge in [-0.05, 0) is 23.8 Å². The molecule has 0 amide bonds. The van der Waals surface area contributed by atoms with E-state index < -0.39 is 0 Å². The molecule has 1 N–H and O–H groups in total. The quantitative estimate of drug-likeness (QED) is 0.357. The minimum absolute atomic E-state index is 0. The highest BCUT2D eigenvalue weighted by Gasteiger charge is 2.12. The number of nitrogens with one attached hydrogen (secondary N) is 1. The highest BCUT2D eigenvalue weighted by atomic mass is 127. The number of guanidine groups is 1. The molecule has 0 radical (unpaired) electrons. The van der Waals surface area contributed by atoms with Crippen LogP contribution in [0.2, 0.25) is 5.02 Å². The molecule has 0 spiro atoms. The Morgan fingerprint density at radius 2 is 1.93 bits per heavy atom. The van der Waals surface area contributed by atoms with Gasteiger partial charge in [0.1, 0.15) is 0 Å². The lowest BCUT2D eigenvalue weighted by Gasteiger charge is -2.28. The molecule has 1 fully saturated rings. The van der Waals surface area contributed by atoms with Gasteiger partial charge >= 0.3 is 0 Å². The summed E-state index contributed by atoms with van der Waals surface area (Å²) in [5.74, 6) is 3.31. The maximum absolute atomic E-state index is 6.08. The summed E-state index contributed by atoms with van der Waals surface area (Å²) in [5.41, 5.74) is 3.72. The molecule has 0 bridgehead atoms. The molecule has 0 unspecified atom stereocenters. The highest BCUT2D eigenvalue weighted by Crippen LogP contribution is 2.20. The number of hydrogen-bond donors (Lipinski definition) is 1. The topological polar surface area (TPSA) is 35.8 Å². The molecule has 1 aromatic carbocycles. The first-order chi connectivity index (χ1) is 13.1. The number of thioether (sulfide) groups is 1. The van der Waals surface area contributed by atoms with Gasteiger partial charge < -0.3 is 19.7 Å². The Morgan fingerprint density at radius 1 is 1.25 bits per heavy atom. The van der Waals surface area contributed by atoms with Crippen molar-refractivity contribution in [2.24, 2.45) is 12.0 Å². The molecule has 2 heterocycles. The van der Waals surface area contributed by atoms with Crippen molar-refractivity contribution >= 4 is 59.0 Å². The minimum atomic E-state index is 0. The summed E-state index contributed by atoms with van der Waals surface area (Å²) < 4.78 is 2.05. The van der Waals surface area contributed by atoms with Gasteiger partial charge in [-0.2, -0.15) is 11.8 Å². The standard InChI is InChI=1S/C20H28ClN5S.HI/c1-22-20(25(3)15-19-12-17(21)14-24(19)2)23-13-16-4-6-18(7-5-16)26-8-10-27-11-9-26;/h4-7,12,14H,8-11,13,15H2,1-3H3,(H,22,23);1H. The number of hydrogen-bond acceptors (Lipinski definition) is 3. The third kappa shape index (κ3) is 6.22. The molecule has 0 atom stereocenters. The first-order valence-corrected chi connectivity index (χ1v) is 10.7. The Morgan fingerprint density at radius 3 is 2.50 bits per heavy atom. The van der Waals surface area contributed by atoms with E-state index in [4.69, 9.17) is 11.6 Å². The monoisotopic (exact) mass is 533 g/mol. The lowest BCUT2D eigenvalue weighted by molar-refractivity contribution is 0.461. The molecule has 5 nitrogen and oxygen atoms in total. The lowest BCUT2D eigenvalue weighted by Crippen LogP contribution is -2.38. The second-order valence-electron chi connectivity index (χ2n) is 6.78. The number of halogens is 2. The summed E-state index contributed by atoms with van der Waals surface area (Å²) in [4.78, 5) is 8.97. The van der Waals surface area contributed by atoms with Gasteiger partial charge in [-0.1, -0.05) is 23.7 Å². The van der Waals surface area contributed by atoms with E-state index in [9.17, 15) is 0 Å². The van der Waals surface area contributed by atoms with Crippen LogP contribution in [0.25, 0.3) is 0 Å². The van der Waals surface area contributed by atoms with Gasteiger partial charge in [-0.25, -0.2) is 0 Å². The Hall–Kier alpha value is -1.06. The van der Waals surface area contributed by atoms with Crippen LogP contribution in [0.1, 0.15) is 11.3 Å². The molecular weight excluding hydrogens is 505 g/mol. The zero-order valence-corrected chi connectivity index (χ0v) is 20.6. The van der Waals surface area contributed by atoms with Gasteiger partial charge in [0.05, 0.1) is 11.6 Å². The van der Waals surface area contributed by atoms with Crippen molar-refractivity contribution < 1.29 is 0 Å². The minimum Gasteiger partial charge on any atom is -0.370 e. The molecule has 28 heavy (non-hydrogen) atoms. The highest BCUT2D eigenvalue weighted by molar-refractivity contribution is 14.0. The molecule has 154 valence electrons. The Kier molecular flexibility index (Phi) is 9.30. The summed E-state index contributed by atoms with van der Waals surface area (Å²) in [5, 5.41) is 4.21. The predicted octanol–water partition coefficient (Wildman–Crippen LogP) is 4.06. The van der Waals surface area contributed by atoms with Crippen molar-refractivity contribution in [1.29, 1.82) is 0 Å². The van der Waals surface area contributed by atoms with Crippen LogP contribution in [0.15, 0.2) is 41.5 Å². The Bertz CT molecular complexity index is 771. The van der Waals surface area contributed by atoms with Gasteiger partial charge in [0.2, 0.25) is 0 Å². The molecule has 2 aromatic rings. The van der Waals surface area contributed by atoms with Crippen molar-refractivity contribution in [2.75, 3.05) is 43.6 Å². The molecule has 8 heteroatoms. The van der Waals surface area contributed by atoms with Crippen molar-refractivity contribution in [2.45, 2.75) is 13.1 Å². The normalized spacial score (nSPS) is 14.6. The van der Waals surface area contributed by atoms with Crippen LogP contribution in [0.4, 0.5) is 5.69 Å². The molecule has 1 aliphatic rings. The lowest BCUT2D eigenvalue weighted by atomic mass is 10.2. The molecule has 1 aliphatic heterocycles. The van der Waals surface area contributed by atoms with Crippen LogP contribution in [0.3, 0.4) is 0 Å². The van der Waals surface area contributed by atoms with E-state index in [1.54, 1.807) is 0 Å². The third-order valence-corrected chi connectivity index (χ3v) is 5.96. The van der Waals surface area contributed by atoms with E-state index in [0.717, 1.165) is 42.9 Å². The summed E-state index contributed by atoms with van der Waals surface area (Å²) >= 11 is 8.12. The Labute approximate surface area is 194 Å². The first kappa shape index (κ1) is 23.2. The second kappa shape index (κ2) is 11.2. The van der Waals surface area contributed by atoms with Crippen molar-refractivity contribution in [3.8, 4) is 0 Å². The summed E-state index contributed by atoms with van der Waals surface area (Å²) in [6.45, 7) is 3.78. The van der Waals surface area contributed by atoms with Gasteiger partial charge in [-0.3, -0.25) is 4.99 Å². The molecule has 1 aromatic heterocycles. The molecular formula is C20H29ClIN5S. The van der Waals surface area contributed by atoms with E-state index in [-0.39, 0.29) is 24.0 Å². The van der Waals surface area contributed by atoms with Crippen LogP contribution in [-0.4, -0.2) is 54.1 Å². The summed E-state index contributed by atoms with van der Waals surface area (Å²) in [6.07, 6.45) is 1.92. The Balaban J connectivity index is 0.00000280. The number of nitrogens with zero attached hydrogens (tertiary/aromatic N) is 4. The first-order valence-electron chi connectivity index (χ1n) is 9.21.